The average molecular weight is 351 g/mol. The number of amidine groups is 1. The second-order valence-corrected chi connectivity index (χ2v) is 8.47. The van der Waals surface area contributed by atoms with Gasteiger partial charge < -0.3 is 4.90 Å². The first-order valence-corrected chi connectivity index (χ1v) is 11.4. The molecular formula is C23H46N2. The second-order valence-electron chi connectivity index (χ2n) is 8.47. The number of hydrogen-bond acceptors (Lipinski definition) is 2. The van der Waals surface area contributed by atoms with Crippen molar-refractivity contribution in [1.82, 2.24) is 4.90 Å². The fourth-order valence-corrected chi connectivity index (χ4v) is 4.04. The van der Waals surface area contributed by atoms with Crippen molar-refractivity contribution in [3.05, 3.63) is 0 Å². The Morgan fingerprint density at radius 1 is 0.800 bits per heavy atom. The van der Waals surface area contributed by atoms with E-state index >= 15 is 0 Å². The third-order valence-electron chi connectivity index (χ3n) is 6.11. The number of hydrogen-bond donors (Lipinski definition) is 0. The summed E-state index contributed by atoms with van der Waals surface area (Å²) >= 11 is 0. The summed E-state index contributed by atoms with van der Waals surface area (Å²) in [6, 6.07) is 0.589. The summed E-state index contributed by atoms with van der Waals surface area (Å²) in [5.74, 6) is 1.40. The molecule has 2 nitrogen and oxygen atoms in total. The maximum Gasteiger partial charge on any atom is 0.0999 e. The highest BCUT2D eigenvalue weighted by atomic mass is 15.3. The SMILES string of the molecule is CCCCCCCCCCCCCC1=NC(CC)(CC)CN1C(C)C. The van der Waals surface area contributed by atoms with Crippen LogP contribution in [0.15, 0.2) is 4.99 Å². The van der Waals surface area contributed by atoms with Crippen LogP contribution in [0.4, 0.5) is 0 Å². The summed E-state index contributed by atoms with van der Waals surface area (Å²) in [6.45, 7) is 12.7. The summed E-state index contributed by atoms with van der Waals surface area (Å²) < 4.78 is 0. The molecule has 148 valence electrons. The predicted molar refractivity (Wildman–Crippen MR) is 114 cm³/mol. The number of aliphatic imine (C=N–C) groups is 1. The topological polar surface area (TPSA) is 15.6 Å². The van der Waals surface area contributed by atoms with E-state index in [9.17, 15) is 0 Å². The monoisotopic (exact) mass is 350 g/mol. The molecule has 0 aromatic rings. The van der Waals surface area contributed by atoms with E-state index in [1.165, 1.54) is 95.7 Å². The zero-order valence-corrected chi connectivity index (χ0v) is 18.1. The highest BCUT2D eigenvalue weighted by Crippen LogP contribution is 2.31. The summed E-state index contributed by atoms with van der Waals surface area (Å²) in [4.78, 5) is 7.76. The number of unbranched alkanes of at least 4 members (excludes halogenated alkanes) is 10. The Morgan fingerprint density at radius 3 is 1.72 bits per heavy atom. The lowest BCUT2D eigenvalue weighted by Crippen LogP contribution is -2.39. The van der Waals surface area contributed by atoms with Gasteiger partial charge in [-0.1, -0.05) is 85.0 Å². The normalized spacial score (nSPS) is 16.7. The van der Waals surface area contributed by atoms with Crippen LogP contribution in [0.5, 0.6) is 0 Å². The van der Waals surface area contributed by atoms with Crippen molar-refractivity contribution in [1.29, 1.82) is 0 Å². The van der Waals surface area contributed by atoms with Gasteiger partial charge in [0.25, 0.3) is 0 Å². The van der Waals surface area contributed by atoms with E-state index in [1.807, 2.05) is 0 Å². The molecule has 0 amide bonds. The summed E-state index contributed by atoms with van der Waals surface area (Å²) in [5, 5.41) is 0. The Kier molecular flexibility index (Phi) is 11.5. The van der Waals surface area contributed by atoms with Crippen molar-refractivity contribution in [2.24, 2.45) is 4.99 Å². The van der Waals surface area contributed by atoms with Gasteiger partial charge in [-0.2, -0.15) is 0 Å². The zero-order chi connectivity index (χ0) is 18.5. The molecule has 0 unspecified atom stereocenters. The molecule has 0 radical (unpaired) electrons. The summed E-state index contributed by atoms with van der Waals surface area (Å²) in [7, 11) is 0. The summed E-state index contributed by atoms with van der Waals surface area (Å²) in [5.41, 5.74) is 0.206. The minimum atomic E-state index is 0.206. The molecule has 1 heterocycles. The Hall–Kier alpha value is -0.530. The highest BCUT2D eigenvalue weighted by molar-refractivity contribution is 5.85. The lowest BCUT2D eigenvalue weighted by atomic mass is 9.94. The van der Waals surface area contributed by atoms with Gasteiger partial charge >= 0.3 is 0 Å². The molecule has 0 aromatic carbocycles. The van der Waals surface area contributed by atoms with Crippen LogP contribution in [0.3, 0.4) is 0 Å². The number of rotatable bonds is 15. The van der Waals surface area contributed by atoms with Gasteiger partial charge in [0.2, 0.25) is 0 Å². The molecule has 25 heavy (non-hydrogen) atoms. The standard InChI is InChI=1S/C23H46N2/c1-6-9-10-11-12-13-14-15-16-17-18-19-22-24-23(7-2,8-3)20-25(22)21(4)5/h21H,6-20H2,1-5H3. The molecule has 0 atom stereocenters. The highest BCUT2D eigenvalue weighted by Gasteiger charge is 2.36. The smallest absolute Gasteiger partial charge is 0.0999 e. The lowest BCUT2D eigenvalue weighted by molar-refractivity contribution is 0.285. The van der Waals surface area contributed by atoms with Crippen LogP contribution in [-0.4, -0.2) is 28.9 Å². The van der Waals surface area contributed by atoms with Crippen molar-refractivity contribution in [3.63, 3.8) is 0 Å². The molecule has 0 aliphatic carbocycles. The zero-order valence-electron chi connectivity index (χ0n) is 18.1. The predicted octanol–water partition coefficient (Wildman–Crippen LogP) is 7.37. The molecule has 0 saturated heterocycles. The Morgan fingerprint density at radius 2 is 1.28 bits per heavy atom. The molecule has 1 aliphatic rings. The Bertz CT molecular complexity index is 355. The average Bonchev–Trinajstić information content (AvgIpc) is 2.99. The van der Waals surface area contributed by atoms with E-state index in [1.54, 1.807) is 0 Å². The van der Waals surface area contributed by atoms with Gasteiger partial charge in [0.1, 0.15) is 0 Å². The molecule has 1 aliphatic heterocycles. The third-order valence-corrected chi connectivity index (χ3v) is 6.11. The van der Waals surface area contributed by atoms with Crippen molar-refractivity contribution in [2.75, 3.05) is 6.54 Å². The third kappa shape index (κ3) is 8.13. The van der Waals surface area contributed by atoms with Gasteiger partial charge in [0, 0.05) is 19.0 Å². The van der Waals surface area contributed by atoms with E-state index in [0.717, 1.165) is 6.54 Å². The lowest BCUT2D eigenvalue weighted by Gasteiger charge is -2.29. The van der Waals surface area contributed by atoms with Crippen LogP contribution in [-0.2, 0) is 0 Å². The van der Waals surface area contributed by atoms with Crippen LogP contribution in [0.2, 0.25) is 0 Å². The minimum Gasteiger partial charge on any atom is -0.355 e. The molecule has 1 rings (SSSR count). The van der Waals surface area contributed by atoms with E-state index in [-0.39, 0.29) is 5.54 Å². The van der Waals surface area contributed by atoms with E-state index in [4.69, 9.17) is 4.99 Å². The first-order chi connectivity index (χ1) is 12.1. The van der Waals surface area contributed by atoms with Crippen LogP contribution >= 0.6 is 0 Å². The van der Waals surface area contributed by atoms with Crippen LogP contribution in [0, 0.1) is 0 Å². The maximum absolute atomic E-state index is 5.18. The van der Waals surface area contributed by atoms with Crippen molar-refractivity contribution >= 4 is 5.84 Å². The first-order valence-electron chi connectivity index (χ1n) is 11.4. The molecule has 0 aromatic heterocycles. The van der Waals surface area contributed by atoms with Gasteiger partial charge in [-0.05, 0) is 33.1 Å². The Labute approximate surface area is 158 Å². The molecule has 0 fully saturated rings. The minimum absolute atomic E-state index is 0.206. The van der Waals surface area contributed by atoms with Crippen LogP contribution in [0.1, 0.15) is 125 Å². The second kappa shape index (κ2) is 12.8. The fourth-order valence-electron chi connectivity index (χ4n) is 4.04. The van der Waals surface area contributed by atoms with Gasteiger partial charge in [0.05, 0.1) is 11.4 Å². The fraction of sp³-hybridized carbons (Fsp3) is 0.957. The number of nitrogens with zero attached hydrogens (tertiary/aromatic N) is 2. The summed E-state index contributed by atoms with van der Waals surface area (Å²) in [6.07, 6.45) is 19.1. The van der Waals surface area contributed by atoms with Gasteiger partial charge in [0.15, 0.2) is 0 Å². The van der Waals surface area contributed by atoms with Crippen LogP contribution in [0.25, 0.3) is 0 Å². The van der Waals surface area contributed by atoms with Gasteiger partial charge in [-0.25, -0.2) is 0 Å². The molecule has 0 bridgehead atoms. The van der Waals surface area contributed by atoms with Crippen molar-refractivity contribution < 1.29 is 0 Å². The van der Waals surface area contributed by atoms with Crippen LogP contribution < -0.4 is 0 Å². The van der Waals surface area contributed by atoms with Gasteiger partial charge in [-0.15, -0.1) is 0 Å². The Balaban J connectivity index is 2.15. The molecular weight excluding hydrogens is 304 g/mol. The molecule has 0 saturated carbocycles. The van der Waals surface area contributed by atoms with E-state index < -0.39 is 0 Å². The van der Waals surface area contributed by atoms with Gasteiger partial charge in [-0.3, -0.25) is 4.99 Å². The molecule has 0 spiro atoms. The van der Waals surface area contributed by atoms with Crippen molar-refractivity contribution in [2.45, 2.75) is 136 Å². The largest absolute Gasteiger partial charge is 0.355 e. The van der Waals surface area contributed by atoms with E-state index in [2.05, 4.69) is 39.5 Å². The molecule has 0 N–H and O–H groups in total. The van der Waals surface area contributed by atoms with Crippen molar-refractivity contribution in [3.8, 4) is 0 Å². The first kappa shape index (κ1) is 22.5. The van der Waals surface area contributed by atoms with E-state index in [0.29, 0.717) is 6.04 Å². The molecule has 2 heteroatoms. The quantitative estimate of drug-likeness (QED) is 0.281. The maximum atomic E-state index is 5.18.